The van der Waals surface area contributed by atoms with Gasteiger partial charge < -0.3 is 19.9 Å². The molecule has 0 radical (unpaired) electrons. The molecule has 6 rings (SSSR count). The van der Waals surface area contributed by atoms with E-state index in [0.29, 0.717) is 25.7 Å². The molecule has 18 heteroatoms. The van der Waals surface area contributed by atoms with E-state index in [1.165, 1.54) is 26.2 Å². The van der Waals surface area contributed by atoms with Gasteiger partial charge in [-0.25, -0.2) is 17.6 Å². The van der Waals surface area contributed by atoms with Crippen LogP contribution in [-0.2, 0) is 24.4 Å². The molecule has 4 amide bonds. The predicted molar refractivity (Wildman–Crippen MR) is 211 cm³/mol. The molecule has 1 aromatic carbocycles. The van der Waals surface area contributed by atoms with Crippen molar-refractivity contribution in [2.75, 3.05) is 7.11 Å². The Morgan fingerprint density at radius 3 is 2.46 bits per heavy atom. The number of hydrogen-bond donors (Lipinski definition) is 3. The molecule has 3 heterocycles. The molecule has 2 aliphatic carbocycles. The summed E-state index contributed by atoms with van der Waals surface area (Å²) in [6, 6.07) is -4.04. The molecule has 0 spiro atoms. The fourth-order valence-corrected chi connectivity index (χ4v) is 9.85. The van der Waals surface area contributed by atoms with Crippen molar-refractivity contribution in [3.63, 3.8) is 0 Å². The smallest absolute Gasteiger partial charge is 0.408 e. The molecule has 0 bridgehead atoms. The van der Waals surface area contributed by atoms with Crippen LogP contribution in [0.1, 0.15) is 99.3 Å². The SMILES string of the molecule is CCC(C)N(C(=O)O)[C@@H]1C(=O)N2[C@@H](C[C@@](C)(Oc3nc(OC)cc4cc(F)ccc34)C2(F)F)C(=O)N[C@]2(C(=O)NS(=O)(=O)C3(C)CC3)C[C@H]2/C=C\CC[C@H](C)C[C@H]1CC. The first kappa shape index (κ1) is 44.0. The van der Waals surface area contributed by atoms with Gasteiger partial charge in [0.15, 0.2) is 5.60 Å². The lowest BCUT2D eigenvalue weighted by atomic mass is 9.83. The standard InChI is InChI=1S/C41H54F3N5O9S/c1-8-24(4)48(37(53)54)32-25(9-2)18-23(3)12-10-11-13-27-21-40(27,36(52)47-59(55,56)38(5)16-17-38)46-33(50)30-22-39(6,41(43,44)49(30)35(32)51)58-34-29-15-14-28(42)19-26(29)20-31(45-34)57-7/h11,13-15,19-20,23-25,27,30,32H,8-10,12,16-18,21-22H2,1-7H3,(H,46,50)(H,47,52)(H,53,54)/b13-11-/t23-,24?,25+,27+,30-,32-,39+,40+/m0/s1. The zero-order chi connectivity index (χ0) is 43.5. The summed E-state index contributed by atoms with van der Waals surface area (Å²) in [6.07, 6.45) is 3.55. The van der Waals surface area contributed by atoms with Gasteiger partial charge in [-0.05, 0) is 101 Å². The predicted octanol–water partition coefficient (Wildman–Crippen LogP) is 6.14. The average Bonchev–Trinajstić information content (AvgIpc) is 4.07. The summed E-state index contributed by atoms with van der Waals surface area (Å²) in [7, 11) is -2.92. The van der Waals surface area contributed by atoms with Gasteiger partial charge in [0.05, 0.1) is 11.9 Å². The molecule has 14 nitrogen and oxygen atoms in total. The van der Waals surface area contributed by atoms with Gasteiger partial charge in [-0.15, -0.1) is 0 Å². The van der Waals surface area contributed by atoms with Gasteiger partial charge in [0, 0.05) is 29.8 Å². The van der Waals surface area contributed by atoms with Crippen LogP contribution in [-0.4, -0.2) is 99.3 Å². The molecule has 1 unspecified atom stereocenters. The number of pyridine rings is 1. The summed E-state index contributed by atoms with van der Waals surface area (Å²) in [5.41, 5.74) is -4.62. The summed E-state index contributed by atoms with van der Waals surface area (Å²) in [6.45, 7) is 9.42. The number of amides is 4. The minimum Gasteiger partial charge on any atom is -0.481 e. The van der Waals surface area contributed by atoms with E-state index in [2.05, 4.69) is 15.0 Å². The maximum absolute atomic E-state index is 17.7. The van der Waals surface area contributed by atoms with E-state index in [9.17, 15) is 32.3 Å². The Hall–Kier alpha value is -4.61. The number of alkyl halides is 2. The van der Waals surface area contributed by atoms with Crippen molar-refractivity contribution in [1.29, 1.82) is 0 Å². The number of carbonyl (C=O) groups is 4. The van der Waals surface area contributed by atoms with E-state index in [1.807, 2.05) is 13.0 Å². The maximum Gasteiger partial charge on any atom is 0.408 e. The molecule has 324 valence electrons. The Bertz CT molecular complexity index is 2150. The molecule has 1 aromatic heterocycles. The molecule has 8 atom stereocenters. The van der Waals surface area contributed by atoms with Crippen LogP contribution >= 0.6 is 0 Å². The van der Waals surface area contributed by atoms with Crippen LogP contribution < -0.4 is 19.5 Å². The van der Waals surface area contributed by atoms with E-state index in [4.69, 9.17) is 9.47 Å². The molecule has 3 fully saturated rings. The number of hydrogen-bond acceptors (Lipinski definition) is 9. The van der Waals surface area contributed by atoms with Crippen molar-refractivity contribution in [3.05, 3.63) is 42.2 Å². The van der Waals surface area contributed by atoms with Gasteiger partial charge in [0.2, 0.25) is 27.7 Å². The van der Waals surface area contributed by atoms with Crippen LogP contribution in [0.3, 0.4) is 0 Å². The first-order valence-corrected chi connectivity index (χ1v) is 21.7. The number of carbonyl (C=O) groups excluding carboxylic acids is 3. The highest BCUT2D eigenvalue weighted by molar-refractivity contribution is 7.91. The minimum atomic E-state index is -4.36. The highest BCUT2D eigenvalue weighted by Gasteiger charge is 2.71. The molecule has 4 aliphatic rings. The van der Waals surface area contributed by atoms with Gasteiger partial charge in [0.25, 0.3) is 11.8 Å². The summed E-state index contributed by atoms with van der Waals surface area (Å²) in [5, 5.41) is 13.5. The van der Waals surface area contributed by atoms with Gasteiger partial charge in [0.1, 0.15) is 23.4 Å². The fraction of sp³-hybridized carbons (Fsp3) is 0.634. The quantitative estimate of drug-likeness (QED) is 0.186. The van der Waals surface area contributed by atoms with Crippen LogP contribution in [0.15, 0.2) is 36.4 Å². The zero-order valence-corrected chi connectivity index (χ0v) is 35.2. The Morgan fingerprint density at radius 1 is 1.15 bits per heavy atom. The summed E-state index contributed by atoms with van der Waals surface area (Å²) < 4.78 is 88.6. The third kappa shape index (κ3) is 7.92. The number of ether oxygens (including phenoxy) is 2. The van der Waals surface area contributed by atoms with Crippen molar-refractivity contribution < 1.29 is 55.3 Å². The zero-order valence-electron chi connectivity index (χ0n) is 34.4. The van der Waals surface area contributed by atoms with Crippen molar-refractivity contribution in [2.45, 2.75) is 139 Å². The number of methoxy groups -OCH3 is 1. The third-order valence-corrected chi connectivity index (χ3v) is 15.1. The van der Waals surface area contributed by atoms with Gasteiger partial charge in [-0.1, -0.05) is 39.3 Å². The molecule has 59 heavy (non-hydrogen) atoms. The van der Waals surface area contributed by atoms with Crippen LogP contribution in [0, 0.1) is 23.6 Å². The number of nitrogens with one attached hydrogen (secondary N) is 2. The number of rotatable bonds is 10. The lowest BCUT2D eigenvalue weighted by Crippen LogP contribution is -2.65. The second-order valence-corrected chi connectivity index (χ2v) is 19.4. The average molecular weight is 850 g/mol. The van der Waals surface area contributed by atoms with Gasteiger partial charge in [-0.3, -0.25) is 28.9 Å². The molecule has 2 saturated carbocycles. The lowest BCUT2D eigenvalue weighted by molar-refractivity contribution is -0.219. The summed E-state index contributed by atoms with van der Waals surface area (Å²) in [5.74, 6) is -6.31. The van der Waals surface area contributed by atoms with Crippen molar-refractivity contribution >= 4 is 44.6 Å². The first-order chi connectivity index (χ1) is 27.6. The Labute approximate surface area is 342 Å². The topological polar surface area (TPSA) is 185 Å². The highest BCUT2D eigenvalue weighted by atomic mass is 32.2. The molecule has 2 aromatic rings. The fourth-order valence-electron chi connectivity index (χ4n) is 8.54. The monoisotopic (exact) mass is 849 g/mol. The number of sulfonamides is 1. The summed E-state index contributed by atoms with van der Waals surface area (Å²) >= 11 is 0. The second kappa shape index (κ2) is 15.8. The Morgan fingerprint density at radius 2 is 1.85 bits per heavy atom. The normalized spacial score (nSPS) is 31.4. The maximum atomic E-state index is 17.7. The second-order valence-electron chi connectivity index (χ2n) is 17.2. The number of fused-ring (bicyclic) bond motifs is 3. The van der Waals surface area contributed by atoms with Gasteiger partial charge >= 0.3 is 12.1 Å². The Balaban J connectivity index is 1.51. The van der Waals surface area contributed by atoms with Crippen molar-refractivity contribution in [3.8, 4) is 11.8 Å². The number of halogens is 3. The molecule has 1 saturated heterocycles. The lowest BCUT2D eigenvalue weighted by Gasteiger charge is -2.43. The number of benzene rings is 1. The van der Waals surface area contributed by atoms with Crippen LogP contribution in [0.4, 0.5) is 18.0 Å². The number of carboxylic acid groups (broad SMARTS) is 1. The largest absolute Gasteiger partial charge is 0.481 e. The molecular formula is C41H54F3N5O9S. The summed E-state index contributed by atoms with van der Waals surface area (Å²) in [4.78, 5) is 62.2. The van der Waals surface area contributed by atoms with Crippen LogP contribution in [0.2, 0.25) is 0 Å². The third-order valence-electron chi connectivity index (χ3n) is 12.9. The van der Waals surface area contributed by atoms with Crippen LogP contribution in [0.5, 0.6) is 11.8 Å². The van der Waals surface area contributed by atoms with Crippen molar-refractivity contribution in [2.24, 2.45) is 17.8 Å². The number of nitrogens with zero attached hydrogens (tertiary/aromatic N) is 3. The molecule has 3 N–H and O–H groups in total. The van der Waals surface area contributed by atoms with E-state index >= 15 is 13.6 Å². The van der Waals surface area contributed by atoms with E-state index in [0.717, 1.165) is 24.0 Å². The Kier molecular flexibility index (Phi) is 11.8. The van der Waals surface area contributed by atoms with E-state index in [-0.39, 0.29) is 53.2 Å². The number of allylic oxidation sites excluding steroid dienone is 1. The van der Waals surface area contributed by atoms with Gasteiger partial charge in [-0.2, -0.15) is 13.8 Å². The first-order valence-electron chi connectivity index (χ1n) is 20.2. The minimum absolute atomic E-state index is 0.0503. The molecular weight excluding hydrogens is 796 g/mol. The van der Waals surface area contributed by atoms with E-state index in [1.54, 1.807) is 26.8 Å². The molecule has 2 aliphatic heterocycles. The highest BCUT2D eigenvalue weighted by Crippen LogP contribution is 2.52. The van der Waals surface area contributed by atoms with Crippen LogP contribution in [0.25, 0.3) is 10.8 Å². The van der Waals surface area contributed by atoms with E-state index < -0.39 is 104 Å². The van der Waals surface area contributed by atoms with Crippen molar-refractivity contribution in [1.82, 2.24) is 24.8 Å². The number of aromatic nitrogens is 1.